The number of rotatable bonds is 3. The number of benzene rings is 2. The normalized spacial score (nSPS) is 9.66. The second-order valence-electron chi connectivity index (χ2n) is 7.08. The third-order valence-corrected chi connectivity index (χ3v) is 4.54. The Morgan fingerprint density at radius 3 is 1.89 bits per heavy atom. The van der Waals surface area contributed by atoms with E-state index < -0.39 is 11.6 Å². The number of imidazole rings is 2. The molecule has 0 atom stereocenters. The van der Waals surface area contributed by atoms with Crippen LogP contribution in [0, 0.1) is 35.6 Å². The second kappa shape index (κ2) is 13.0. The van der Waals surface area contributed by atoms with Crippen LogP contribution >= 0.6 is 0 Å². The molecule has 176 valence electrons. The predicted octanol–water partition coefficient (Wildman–Crippen LogP) is 5.21. The van der Waals surface area contributed by atoms with E-state index >= 15 is 0 Å². The first kappa shape index (κ1) is 27.3. The molecule has 3 aromatic heterocycles. The van der Waals surface area contributed by atoms with Crippen LogP contribution < -0.4 is 0 Å². The Morgan fingerprint density at radius 2 is 1.43 bits per heavy atom. The molecule has 0 aliphatic carbocycles. The number of aryl methyl sites for hydroxylation is 2. The van der Waals surface area contributed by atoms with E-state index in [1.54, 1.807) is 37.1 Å². The smallest absolute Gasteiger partial charge is 0.512 e. The van der Waals surface area contributed by atoms with Crippen molar-refractivity contribution in [3.8, 4) is 33.8 Å². The minimum Gasteiger partial charge on any atom is -0.512 e. The number of halogens is 2. The minimum absolute atomic E-state index is 0. The molecule has 0 aliphatic heterocycles. The summed E-state index contributed by atoms with van der Waals surface area (Å²) in [6.45, 7) is 4.75. The third-order valence-electron chi connectivity index (χ3n) is 4.54. The minimum atomic E-state index is -0.649. The van der Waals surface area contributed by atoms with Crippen molar-refractivity contribution >= 4 is 0 Å². The van der Waals surface area contributed by atoms with Crippen molar-refractivity contribution < 1.29 is 28.9 Å². The maximum atomic E-state index is 13.2. The third kappa shape index (κ3) is 7.24. The van der Waals surface area contributed by atoms with Crippen LogP contribution in [0.2, 0.25) is 0 Å². The summed E-state index contributed by atoms with van der Waals surface area (Å²) < 4.78 is 29.7. The first-order valence-electron chi connectivity index (χ1n) is 9.99. The van der Waals surface area contributed by atoms with Gasteiger partial charge in [0.05, 0.1) is 12.7 Å². The van der Waals surface area contributed by atoms with Crippen molar-refractivity contribution in [1.82, 2.24) is 24.1 Å². The van der Waals surface area contributed by atoms with Crippen molar-refractivity contribution in [2.45, 2.75) is 0 Å². The maximum Gasteiger partial charge on any atom is 3.00 e. The van der Waals surface area contributed by atoms with Gasteiger partial charge < -0.3 is 26.0 Å². The number of nitrogens with zero attached hydrogens (tertiary/aromatic N) is 6. The van der Waals surface area contributed by atoms with E-state index in [1.807, 2.05) is 53.8 Å². The summed E-state index contributed by atoms with van der Waals surface area (Å²) in [5.74, 6) is -1.29. The molecule has 0 saturated carbocycles. The van der Waals surface area contributed by atoms with Gasteiger partial charge >= 0.3 is 20.1 Å². The molecular formula is C26H19F2IrN6. The largest absolute Gasteiger partial charge is 3.00 e. The SMILES string of the molecule is Cn1cnc(-c2[c-]c(-c3cn(C)cn3)ccc2)c1.Fc1c[c-]c(-c2ccccn2)c(F)c1.[C-]#N.[Ir+3]. The van der Waals surface area contributed by atoms with Crippen LogP contribution in [0.4, 0.5) is 8.78 Å². The van der Waals surface area contributed by atoms with Gasteiger partial charge in [0, 0.05) is 43.3 Å². The standard InChI is InChI=1S/C14H13N4.C11H6F2N.CN.Ir/c1-17-7-13(15-9-17)11-4-3-5-12(6-11)14-8-18(2)10-16-14;12-8-4-5-9(10(13)7-8)11-3-1-2-6-14-11;1-2;/h3-5,7-10H,1-2H3;1-4,6-7H;;/q3*-1;+3. The molecule has 0 bridgehead atoms. The monoisotopic (exact) mass is 646 g/mol. The van der Waals surface area contributed by atoms with Crippen molar-refractivity contribution in [3.63, 3.8) is 0 Å². The Kier molecular flexibility index (Phi) is 10.2. The molecular weight excluding hydrogens is 627 g/mol. The van der Waals surface area contributed by atoms with Crippen molar-refractivity contribution in [2.75, 3.05) is 0 Å². The molecule has 0 fully saturated rings. The van der Waals surface area contributed by atoms with E-state index in [9.17, 15) is 8.78 Å². The van der Waals surface area contributed by atoms with Crippen LogP contribution in [-0.2, 0) is 34.2 Å². The van der Waals surface area contributed by atoms with Gasteiger partial charge in [-0.25, -0.2) is 0 Å². The molecule has 5 aromatic rings. The van der Waals surface area contributed by atoms with Gasteiger partial charge in [-0.05, 0) is 24.2 Å². The quantitative estimate of drug-likeness (QED) is 0.253. The van der Waals surface area contributed by atoms with Crippen molar-refractivity contribution in [2.24, 2.45) is 14.1 Å². The van der Waals surface area contributed by atoms with Crippen LogP contribution in [-0.4, -0.2) is 24.1 Å². The van der Waals surface area contributed by atoms with Gasteiger partial charge in [-0.2, -0.15) is 0 Å². The Labute approximate surface area is 215 Å². The molecule has 0 unspecified atom stereocenters. The molecule has 0 spiro atoms. The van der Waals surface area contributed by atoms with Gasteiger partial charge in [0.1, 0.15) is 0 Å². The summed E-state index contributed by atoms with van der Waals surface area (Å²) in [6.07, 6.45) is 9.08. The second-order valence-corrected chi connectivity index (χ2v) is 7.08. The summed E-state index contributed by atoms with van der Waals surface area (Å²) >= 11 is 0. The molecule has 0 amide bonds. The molecule has 0 N–H and O–H groups in total. The first-order valence-corrected chi connectivity index (χ1v) is 9.99. The van der Waals surface area contributed by atoms with Gasteiger partial charge in [0.2, 0.25) is 0 Å². The van der Waals surface area contributed by atoms with Gasteiger partial charge in [-0.1, -0.05) is 34.9 Å². The molecule has 0 saturated heterocycles. The molecule has 0 aliphatic rings. The summed E-state index contributed by atoms with van der Waals surface area (Å²) in [5, 5.41) is 6.25. The molecule has 35 heavy (non-hydrogen) atoms. The molecule has 6 nitrogen and oxygen atoms in total. The van der Waals surface area contributed by atoms with Crippen LogP contribution in [0.15, 0.2) is 79.8 Å². The van der Waals surface area contributed by atoms with E-state index in [4.69, 9.17) is 11.8 Å². The fraction of sp³-hybridized carbons (Fsp3) is 0.0769. The average Bonchev–Trinajstić information content (AvgIpc) is 3.50. The first-order chi connectivity index (χ1) is 16.5. The number of pyridine rings is 1. The van der Waals surface area contributed by atoms with E-state index in [0.29, 0.717) is 5.69 Å². The van der Waals surface area contributed by atoms with E-state index in [-0.39, 0.29) is 25.7 Å². The van der Waals surface area contributed by atoms with Gasteiger partial charge in [-0.15, -0.1) is 36.4 Å². The summed E-state index contributed by atoms with van der Waals surface area (Å²) in [6, 6.07) is 18.9. The predicted molar refractivity (Wildman–Crippen MR) is 123 cm³/mol. The average molecular weight is 646 g/mol. The molecule has 0 radical (unpaired) electrons. The molecule has 2 aromatic carbocycles. The van der Waals surface area contributed by atoms with Gasteiger partial charge in [0.25, 0.3) is 0 Å². The zero-order valence-corrected chi connectivity index (χ0v) is 21.2. The molecule has 5 rings (SSSR count). The Hall–Kier alpha value is -3.99. The van der Waals surface area contributed by atoms with Crippen LogP contribution in [0.5, 0.6) is 0 Å². The Balaban J connectivity index is 0.000000231. The zero-order chi connectivity index (χ0) is 24.5. The fourth-order valence-corrected chi connectivity index (χ4v) is 3.02. The van der Waals surface area contributed by atoms with E-state index in [2.05, 4.69) is 27.1 Å². The van der Waals surface area contributed by atoms with Gasteiger partial charge in [-0.3, -0.25) is 18.7 Å². The van der Waals surface area contributed by atoms with E-state index in [0.717, 1.165) is 34.6 Å². The molecule has 9 heteroatoms. The van der Waals surface area contributed by atoms with Crippen LogP contribution in [0.3, 0.4) is 0 Å². The fourth-order valence-electron chi connectivity index (χ4n) is 3.02. The summed E-state index contributed by atoms with van der Waals surface area (Å²) in [7, 11) is 3.91. The van der Waals surface area contributed by atoms with Crippen LogP contribution in [0.1, 0.15) is 0 Å². The summed E-state index contributed by atoms with van der Waals surface area (Å²) in [4.78, 5) is 12.6. The number of hydrogen-bond acceptors (Lipinski definition) is 4. The molecule has 3 heterocycles. The van der Waals surface area contributed by atoms with E-state index in [1.165, 1.54) is 0 Å². The van der Waals surface area contributed by atoms with Crippen LogP contribution in [0.25, 0.3) is 33.8 Å². The Morgan fingerprint density at radius 1 is 0.829 bits per heavy atom. The summed E-state index contributed by atoms with van der Waals surface area (Å²) in [5.41, 5.74) is 4.46. The zero-order valence-electron chi connectivity index (χ0n) is 18.8. The number of aromatic nitrogens is 5. The topological polar surface area (TPSA) is 72.3 Å². The van der Waals surface area contributed by atoms with Crippen molar-refractivity contribution in [3.05, 3.63) is 110 Å². The van der Waals surface area contributed by atoms with Gasteiger partial charge in [0.15, 0.2) is 0 Å². The maximum absolute atomic E-state index is 13.2. The van der Waals surface area contributed by atoms with Crippen molar-refractivity contribution in [1.29, 1.82) is 5.26 Å². The Bertz CT molecular complexity index is 1320. The number of hydrogen-bond donors (Lipinski definition) is 0.